The van der Waals surface area contributed by atoms with Crippen molar-refractivity contribution in [1.29, 1.82) is 0 Å². The molecule has 1 heterocycles. The second-order valence-electron chi connectivity index (χ2n) is 5.90. The standard InChI is InChI=1S/C21H20FN3O3/c1-27-16-8-10-20(28-2)19(11-16)25-15-7-9-18(23-13-15)21(26)24-12-14-5-3-4-6-17(14)22/h3-11,13,25H,12H2,1-2H3,(H,24,26). The second-order valence-corrected chi connectivity index (χ2v) is 5.90. The summed E-state index contributed by atoms with van der Waals surface area (Å²) in [7, 11) is 3.16. The molecule has 144 valence electrons. The van der Waals surface area contributed by atoms with Gasteiger partial charge in [0.15, 0.2) is 0 Å². The third-order valence-corrected chi connectivity index (χ3v) is 4.08. The molecule has 0 aliphatic carbocycles. The molecular formula is C21H20FN3O3. The van der Waals surface area contributed by atoms with Crippen molar-refractivity contribution in [2.24, 2.45) is 0 Å². The van der Waals surface area contributed by atoms with Gasteiger partial charge in [0, 0.05) is 18.2 Å². The Morgan fingerprint density at radius 1 is 1.07 bits per heavy atom. The van der Waals surface area contributed by atoms with E-state index in [2.05, 4.69) is 15.6 Å². The first-order chi connectivity index (χ1) is 13.6. The molecular weight excluding hydrogens is 361 g/mol. The predicted octanol–water partition coefficient (Wildman–Crippen LogP) is 3.91. The number of anilines is 2. The molecule has 3 aromatic rings. The molecule has 0 aliphatic heterocycles. The maximum Gasteiger partial charge on any atom is 0.270 e. The number of pyridine rings is 1. The highest BCUT2D eigenvalue weighted by Gasteiger charge is 2.10. The number of nitrogens with one attached hydrogen (secondary N) is 2. The highest BCUT2D eigenvalue weighted by Crippen LogP contribution is 2.31. The SMILES string of the molecule is COc1ccc(OC)c(Nc2ccc(C(=O)NCc3ccccc3F)nc2)c1. The van der Waals surface area contributed by atoms with Gasteiger partial charge in [-0.15, -0.1) is 0 Å². The zero-order valence-corrected chi connectivity index (χ0v) is 15.5. The first-order valence-electron chi connectivity index (χ1n) is 8.57. The number of ether oxygens (including phenoxy) is 2. The van der Waals surface area contributed by atoms with Gasteiger partial charge in [0.05, 0.1) is 31.8 Å². The molecule has 0 aliphatic rings. The number of aromatic nitrogens is 1. The maximum atomic E-state index is 13.6. The van der Waals surface area contributed by atoms with Crippen LogP contribution in [0.5, 0.6) is 11.5 Å². The van der Waals surface area contributed by atoms with Crippen molar-refractivity contribution in [1.82, 2.24) is 10.3 Å². The summed E-state index contributed by atoms with van der Waals surface area (Å²) in [6.07, 6.45) is 1.54. The molecule has 0 atom stereocenters. The fraction of sp³-hybridized carbons (Fsp3) is 0.143. The lowest BCUT2D eigenvalue weighted by Gasteiger charge is -2.13. The van der Waals surface area contributed by atoms with Crippen molar-refractivity contribution in [3.8, 4) is 11.5 Å². The van der Waals surface area contributed by atoms with E-state index in [1.165, 1.54) is 12.3 Å². The van der Waals surface area contributed by atoms with Gasteiger partial charge in [0.2, 0.25) is 0 Å². The third-order valence-electron chi connectivity index (χ3n) is 4.08. The van der Waals surface area contributed by atoms with Crippen LogP contribution < -0.4 is 20.1 Å². The molecule has 1 aromatic heterocycles. The smallest absolute Gasteiger partial charge is 0.270 e. The molecule has 0 saturated carbocycles. The number of carbonyl (C=O) groups is 1. The van der Waals surface area contributed by atoms with E-state index >= 15 is 0 Å². The zero-order chi connectivity index (χ0) is 19.9. The van der Waals surface area contributed by atoms with Crippen molar-refractivity contribution in [2.45, 2.75) is 6.54 Å². The van der Waals surface area contributed by atoms with Crippen LogP contribution in [0.25, 0.3) is 0 Å². The minimum Gasteiger partial charge on any atom is -0.497 e. The first kappa shape index (κ1) is 19.2. The molecule has 3 rings (SSSR count). The van der Waals surface area contributed by atoms with Gasteiger partial charge < -0.3 is 20.1 Å². The number of methoxy groups -OCH3 is 2. The summed E-state index contributed by atoms with van der Waals surface area (Å²) in [6, 6.07) is 15.0. The van der Waals surface area contributed by atoms with Crippen LogP contribution in [0.2, 0.25) is 0 Å². The summed E-state index contributed by atoms with van der Waals surface area (Å²) in [5, 5.41) is 5.84. The van der Waals surface area contributed by atoms with E-state index in [0.717, 1.165) is 0 Å². The van der Waals surface area contributed by atoms with Crippen LogP contribution in [0.1, 0.15) is 16.1 Å². The highest BCUT2D eigenvalue weighted by atomic mass is 19.1. The summed E-state index contributed by atoms with van der Waals surface area (Å²) in [5.41, 5.74) is 2.04. The number of hydrogen-bond acceptors (Lipinski definition) is 5. The lowest BCUT2D eigenvalue weighted by molar-refractivity contribution is 0.0945. The molecule has 2 N–H and O–H groups in total. The Labute approximate surface area is 162 Å². The summed E-state index contributed by atoms with van der Waals surface area (Å²) in [6.45, 7) is 0.0915. The molecule has 0 unspecified atom stereocenters. The van der Waals surface area contributed by atoms with Crippen molar-refractivity contribution in [3.05, 3.63) is 77.9 Å². The van der Waals surface area contributed by atoms with Gasteiger partial charge in [0.25, 0.3) is 5.91 Å². The van der Waals surface area contributed by atoms with Crippen molar-refractivity contribution in [3.63, 3.8) is 0 Å². The number of benzene rings is 2. The minimum atomic E-state index is -0.381. The molecule has 6 nitrogen and oxygen atoms in total. The summed E-state index contributed by atoms with van der Waals surface area (Å²) < 4.78 is 24.2. The fourth-order valence-electron chi connectivity index (χ4n) is 2.58. The number of hydrogen-bond donors (Lipinski definition) is 2. The number of nitrogens with zero attached hydrogens (tertiary/aromatic N) is 1. The Bertz CT molecular complexity index is 961. The third kappa shape index (κ3) is 4.56. The van der Waals surface area contributed by atoms with Crippen molar-refractivity contribution >= 4 is 17.3 Å². The van der Waals surface area contributed by atoms with Gasteiger partial charge in [-0.05, 0) is 30.3 Å². The van der Waals surface area contributed by atoms with Crippen LogP contribution in [0.15, 0.2) is 60.8 Å². The monoisotopic (exact) mass is 381 g/mol. The van der Waals surface area contributed by atoms with Crippen LogP contribution in [-0.2, 0) is 6.54 Å². The molecule has 0 bridgehead atoms. The van der Waals surface area contributed by atoms with Gasteiger partial charge in [-0.25, -0.2) is 9.37 Å². The number of amides is 1. The van der Waals surface area contributed by atoms with E-state index in [1.54, 1.807) is 62.8 Å². The fourth-order valence-corrected chi connectivity index (χ4v) is 2.58. The number of halogens is 1. The maximum absolute atomic E-state index is 13.6. The normalized spacial score (nSPS) is 10.2. The summed E-state index contributed by atoms with van der Waals surface area (Å²) in [5.74, 6) is 0.587. The Morgan fingerprint density at radius 2 is 1.89 bits per heavy atom. The minimum absolute atomic E-state index is 0.0915. The van der Waals surface area contributed by atoms with Gasteiger partial charge in [-0.2, -0.15) is 0 Å². The van der Waals surface area contributed by atoms with E-state index in [4.69, 9.17) is 9.47 Å². The summed E-state index contributed by atoms with van der Waals surface area (Å²) >= 11 is 0. The van der Waals surface area contributed by atoms with Crippen molar-refractivity contribution < 1.29 is 18.7 Å². The van der Waals surface area contributed by atoms with E-state index in [-0.39, 0.29) is 24.0 Å². The number of carbonyl (C=O) groups excluding carboxylic acids is 1. The predicted molar refractivity (Wildman–Crippen MR) is 105 cm³/mol. The van der Waals surface area contributed by atoms with Gasteiger partial charge in [0.1, 0.15) is 23.0 Å². The van der Waals surface area contributed by atoms with E-state index in [0.29, 0.717) is 28.4 Å². The molecule has 0 fully saturated rings. The average Bonchev–Trinajstić information content (AvgIpc) is 2.73. The van der Waals surface area contributed by atoms with Crippen molar-refractivity contribution in [2.75, 3.05) is 19.5 Å². The molecule has 0 spiro atoms. The van der Waals surface area contributed by atoms with Crippen LogP contribution in [0.3, 0.4) is 0 Å². The van der Waals surface area contributed by atoms with E-state index in [1.807, 2.05) is 0 Å². The van der Waals surface area contributed by atoms with Crippen LogP contribution in [0, 0.1) is 5.82 Å². The van der Waals surface area contributed by atoms with Crippen LogP contribution >= 0.6 is 0 Å². The molecule has 7 heteroatoms. The lowest BCUT2D eigenvalue weighted by Crippen LogP contribution is -2.24. The van der Waals surface area contributed by atoms with E-state index in [9.17, 15) is 9.18 Å². The number of rotatable bonds is 7. The topological polar surface area (TPSA) is 72.5 Å². The van der Waals surface area contributed by atoms with Crippen LogP contribution in [-0.4, -0.2) is 25.1 Å². The molecule has 1 amide bonds. The Morgan fingerprint density at radius 3 is 2.57 bits per heavy atom. The second kappa shape index (κ2) is 8.85. The van der Waals surface area contributed by atoms with Gasteiger partial charge in [-0.1, -0.05) is 18.2 Å². The largest absolute Gasteiger partial charge is 0.497 e. The molecule has 0 saturated heterocycles. The quantitative estimate of drug-likeness (QED) is 0.649. The Balaban J connectivity index is 1.66. The Kier molecular flexibility index (Phi) is 6.06. The van der Waals surface area contributed by atoms with Crippen LogP contribution in [0.4, 0.5) is 15.8 Å². The zero-order valence-electron chi connectivity index (χ0n) is 15.5. The highest BCUT2D eigenvalue weighted by molar-refractivity contribution is 5.92. The molecule has 2 aromatic carbocycles. The van der Waals surface area contributed by atoms with Gasteiger partial charge in [-0.3, -0.25) is 4.79 Å². The lowest BCUT2D eigenvalue weighted by atomic mass is 10.2. The average molecular weight is 381 g/mol. The van der Waals surface area contributed by atoms with Gasteiger partial charge >= 0.3 is 0 Å². The molecule has 0 radical (unpaired) electrons. The molecule has 28 heavy (non-hydrogen) atoms. The van der Waals surface area contributed by atoms with E-state index < -0.39 is 0 Å². The summed E-state index contributed by atoms with van der Waals surface area (Å²) in [4.78, 5) is 16.4. The Hall–Kier alpha value is -3.61. The first-order valence-corrected chi connectivity index (χ1v) is 8.57.